The molecule has 4 nitrogen and oxygen atoms in total. The van der Waals surface area contributed by atoms with Crippen LogP contribution in [0.5, 0.6) is 0 Å². The molecule has 2 rings (SSSR count). The quantitative estimate of drug-likeness (QED) is 0.868. The molecule has 1 saturated carbocycles. The van der Waals surface area contributed by atoms with Crippen molar-refractivity contribution in [2.45, 2.75) is 64.5 Å². The fourth-order valence-electron chi connectivity index (χ4n) is 2.67. The van der Waals surface area contributed by atoms with E-state index in [0.29, 0.717) is 19.3 Å². The molecule has 0 atom stereocenters. The standard InChI is InChI=1S/C14H22N2O2/c1-3-11-9-12(16(4-2)15-11)10-13(17)14(18)7-5-6-8-14/h9,18H,3-8,10H2,1-2H3. The Kier molecular flexibility index (Phi) is 3.85. The molecule has 18 heavy (non-hydrogen) atoms. The van der Waals surface area contributed by atoms with Gasteiger partial charge in [0, 0.05) is 12.2 Å². The lowest BCUT2D eigenvalue weighted by atomic mass is 9.93. The summed E-state index contributed by atoms with van der Waals surface area (Å²) in [6, 6.07) is 1.99. The summed E-state index contributed by atoms with van der Waals surface area (Å²) in [4.78, 5) is 12.2. The van der Waals surface area contributed by atoms with E-state index in [1.165, 1.54) is 0 Å². The Balaban J connectivity index is 2.13. The number of carbonyl (C=O) groups excluding carboxylic acids is 1. The molecule has 100 valence electrons. The van der Waals surface area contributed by atoms with Gasteiger partial charge in [-0.3, -0.25) is 9.48 Å². The number of nitrogens with zero attached hydrogens (tertiary/aromatic N) is 2. The molecule has 1 fully saturated rings. The molecule has 4 heteroatoms. The topological polar surface area (TPSA) is 55.1 Å². The number of ketones is 1. The van der Waals surface area contributed by atoms with Crippen molar-refractivity contribution in [3.05, 3.63) is 17.5 Å². The van der Waals surface area contributed by atoms with Crippen molar-refractivity contribution in [3.63, 3.8) is 0 Å². The Hall–Kier alpha value is -1.16. The Labute approximate surface area is 108 Å². The second-order valence-electron chi connectivity index (χ2n) is 5.13. The third kappa shape index (κ3) is 2.48. The summed E-state index contributed by atoms with van der Waals surface area (Å²) >= 11 is 0. The SMILES string of the molecule is CCc1cc(CC(=O)C2(O)CCCC2)n(CC)n1. The highest BCUT2D eigenvalue weighted by molar-refractivity contribution is 5.88. The predicted octanol–water partition coefficient (Wildman–Crippen LogP) is 1.88. The monoisotopic (exact) mass is 250 g/mol. The molecule has 0 saturated heterocycles. The first kappa shape index (κ1) is 13.3. The Bertz CT molecular complexity index is 431. The number of aliphatic hydroxyl groups is 1. The maximum atomic E-state index is 12.2. The number of Topliss-reactive ketones (excluding diaryl/α,β-unsaturated/α-hetero) is 1. The van der Waals surface area contributed by atoms with Crippen molar-refractivity contribution in [1.82, 2.24) is 9.78 Å². The van der Waals surface area contributed by atoms with E-state index < -0.39 is 5.60 Å². The minimum absolute atomic E-state index is 0.0442. The summed E-state index contributed by atoms with van der Waals surface area (Å²) in [6.45, 7) is 4.84. The molecule has 0 bridgehead atoms. The Morgan fingerprint density at radius 3 is 2.67 bits per heavy atom. The van der Waals surface area contributed by atoms with Gasteiger partial charge in [0.1, 0.15) is 5.60 Å². The third-order valence-electron chi connectivity index (χ3n) is 3.87. The molecule has 0 spiro atoms. The zero-order valence-electron chi connectivity index (χ0n) is 11.3. The van der Waals surface area contributed by atoms with Gasteiger partial charge < -0.3 is 5.11 Å². The van der Waals surface area contributed by atoms with E-state index in [-0.39, 0.29) is 5.78 Å². The van der Waals surface area contributed by atoms with Crippen LogP contribution in [-0.2, 0) is 24.2 Å². The van der Waals surface area contributed by atoms with Crippen LogP contribution >= 0.6 is 0 Å². The van der Waals surface area contributed by atoms with Crippen LogP contribution in [0.25, 0.3) is 0 Å². The number of hydrogen-bond acceptors (Lipinski definition) is 3. The van der Waals surface area contributed by atoms with Gasteiger partial charge in [0.2, 0.25) is 0 Å². The summed E-state index contributed by atoms with van der Waals surface area (Å²) in [5.41, 5.74) is 0.868. The maximum absolute atomic E-state index is 12.2. The van der Waals surface area contributed by atoms with E-state index >= 15 is 0 Å². The van der Waals surface area contributed by atoms with Crippen LogP contribution < -0.4 is 0 Å². The first-order valence-corrected chi connectivity index (χ1v) is 6.90. The molecule has 1 aliphatic carbocycles. The predicted molar refractivity (Wildman–Crippen MR) is 69.4 cm³/mol. The maximum Gasteiger partial charge on any atom is 0.170 e. The van der Waals surface area contributed by atoms with Crippen molar-refractivity contribution in [2.24, 2.45) is 0 Å². The van der Waals surface area contributed by atoms with Crippen molar-refractivity contribution in [1.29, 1.82) is 0 Å². The van der Waals surface area contributed by atoms with Crippen LogP contribution in [0.3, 0.4) is 0 Å². The third-order valence-corrected chi connectivity index (χ3v) is 3.87. The summed E-state index contributed by atoms with van der Waals surface area (Å²) in [5, 5.41) is 14.7. The number of carbonyl (C=O) groups is 1. The van der Waals surface area contributed by atoms with Gasteiger partial charge in [-0.05, 0) is 45.1 Å². The van der Waals surface area contributed by atoms with Crippen molar-refractivity contribution in [2.75, 3.05) is 0 Å². The lowest BCUT2D eigenvalue weighted by molar-refractivity contribution is -0.136. The van der Waals surface area contributed by atoms with Gasteiger partial charge >= 0.3 is 0 Å². The molecule has 0 radical (unpaired) electrons. The van der Waals surface area contributed by atoms with Gasteiger partial charge in [0.05, 0.1) is 12.1 Å². The van der Waals surface area contributed by atoms with Gasteiger partial charge in [0.15, 0.2) is 5.78 Å². The first-order valence-electron chi connectivity index (χ1n) is 6.90. The summed E-state index contributed by atoms with van der Waals surface area (Å²) < 4.78 is 1.87. The molecule has 1 heterocycles. The summed E-state index contributed by atoms with van der Waals surface area (Å²) in [5.74, 6) is -0.0442. The van der Waals surface area contributed by atoms with Crippen LogP contribution in [0.1, 0.15) is 50.9 Å². The molecule has 0 unspecified atom stereocenters. The number of aromatic nitrogens is 2. The second-order valence-corrected chi connectivity index (χ2v) is 5.13. The average Bonchev–Trinajstić information content (AvgIpc) is 2.96. The minimum Gasteiger partial charge on any atom is -0.382 e. The van der Waals surface area contributed by atoms with E-state index in [4.69, 9.17) is 0 Å². The van der Waals surface area contributed by atoms with Crippen molar-refractivity contribution in [3.8, 4) is 0 Å². The van der Waals surface area contributed by atoms with E-state index in [0.717, 1.165) is 37.2 Å². The molecule has 0 amide bonds. The highest BCUT2D eigenvalue weighted by Crippen LogP contribution is 2.31. The molecule has 1 aromatic heterocycles. The number of aryl methyl sites for hydroxylation is 2. The minimum atomic E-state index is -1.07. The van der Waals surface area contributed by atoms with Gasteiger partial charge in [-0.1, -0.05) is 6.92 Å². The number of rotatable bonds is 5. The zero-order valence-corrected chi connectivity index (χ0v) is 11.3. The fourth-order valence-corrected chi connectivity index (χ4v) is 2.67. The van der Waals surface area contributed by atoms with Crippen LogP contribution in [0.4, 0.5) is 0 Å². The Morgan fingerprint density at radius 1 is 1.44 bits per heavy atom. The van der Waals surface area contributed by atoms with Crippen LogP contribution in [0, 0.1) is 0 Å². The van der Waals surface area contributed by atoms with E-state index in [9.17, 15) is 9.90 Å². The zero-order chi connectivity index (χ0) is 13.2. The van der Waals surface area contributed by atoms with E-state index in [1.54, 1.807) is 0 Å². The van der Waals surface area contributed by atoms with Crippen LogP contribution in [0.15, 0.2) is 6.07 Å². The first-order chi connectivity index (χ1) is 8.59. The fraction of sp³-hybridized carbons (Fsp3) is 0.714. The lowest BCUT2D eigenvalue weighted by Gasteiger charge is -2.20. The molecular formula is C14H22N2O2. The average molecular weight is 250 g/mol. The smallest absolute Gasteiger partial charge is 0.170 e. The van der Waals surface area contributed by atoms with Gasteiger partial charge in [-0.25, -0.2) is 0 Å². The molecule has 0 aromatic carbocycles. The number of hydrogen-bond donors (Lipinski definition) is 1. The normalized spacial score (nSPS) is 18.2. The molecule has 1 aliphatic rings. The molecule has 1 N–H and O–H groups in total. The molecule has 0 aliphatic heterocycles. The van der Waals surface area contributed by atoms with Gasteiger partial charge in [0.25, 0.3) is 0 Å². The van der Waals surface area contributed by atoms with Gasteiger partial charge in [-0.15, -0.1) is 0 Å². The second kappa shape index (κ2) is 5.22. The summed E-state index contributed by atoms with van der Waals surface area (Å²) in [6.07, 6.45) is 4.32. The van der Waals surface area contributed by atoms with Crippen LogP contribution in [0.2, 0.25) is 0 Å². The highest BCUT2D eigenvalue weighted by Gasteiger charge is 2.38. The molecule has 1 aromatic rings. The lowest BCUT2D eigenvalue weighted by Crippen LogP contribution is -2.36. The van der Waals surface area contributed by atoms with Gasteiger partial charge in [-0.2, -0.15) is 5.10 Å². The summed E-state index contributed by atoms with van der Waals surface area (Å²) in [7, 11) is 0. The highest BCUT2D eigenvalue weighted by atomic mass is 16.3. The molecular weight excluding hydrogens is 228 g/mol. The van der Waals surface area contributed by atoms with Crippen molar-refractivity contribution < 1.29 is 9.90 Å². The largest absolute Gasteiger partial charge is 0.382 e. The van der Waals surface area contributed by atoms with Crippen LogP contribution in [-0.4, -0.2) is 26.3 Å². The van der Waals surface area contributed by atoms with Crippen molar-refractivity contribution >= 4 is 5.78 Å². The van der Waals surface area contributed by atoms with E-state index in [1.807, 2.05) is 17.7 Å². The van der Waals surface area contributed by atoms with E-state index in [2.05, 4.69) is 12.0 Å². The Morgan fingerprint density at radius 2 is 2.11 bits per heavy atom.